The van der Waals surface area contributed by atoms with Gasteiger partial charge in [-0.3, -0.25) is 57.7 Å². The lowest BCUT2D eigenvalue weighted by molar-refractivity contribution is -0.152. The molecule has 3 aliphatic carbocycles. The molecule has 0 radical (unpaired) electrons. The van der Waals surface area contributed by atoms with Crippen molar-refractivity contribution in [2.75, 3.05) is 172 Å². The molecule has 1 aromatic carbocycles. The van der Waals surface area contributed by atoms with Gasteiger partial charge in [0.1, 0.15) is 31.7 Å². The van der Waals surface area contributed by atoms with E-state index in [4.69, 9.17) is 36.1 Å². The van der Waals surface area contributed by atoms with Gasteiger partial charge in [-0.05, 0) is 75.4 Å². The van der Waals surface area contributed by atoms with Gasteiger partial charge in [0, 0.05) is 92.4 Å². The summed E-state index contributed by atoms with van der Waals surface area (Å²) in [6.45, 7) is -4.60. The van der Waals surface area contributed by atoms with Crippen molar-refractivity contribution in [3.05, 3.63) is 35.9 Å². The zero-order valence-corrected chi connectivity index (χ0v) is 60.6. The van der Waals surface area contributed by atoms with Crippen molar-refractivity contribution in [3.63, 3.8) is 0 Å². The van der Waals surface area contributed by atoms with Gasteiger partial charge < -0.3 is 96.4 Å². The van der Waals surface area contributed by atoms with Crippen molar-refractivity contribution in [2.45, 2.75) is 152 Å². The first kappa shape index (κ1) is 85.2. The number of aliphatic imine (C=N–C) groups is 1. The molecule has 32 heteroatoms. The summed E-state index contributed by atoms with van der Waals surface area (Å²) in [5.74, 6) is -6.31. The number of methoxy groups -OCH3 is 4. The van der Waals surface area contributed by atoms with Crippen molar-refractivity contribution < 1.29 is 76.8 Å². The molecular weight excluding hydrogens is 1310 g/mol. The molecule has 1 aromatic rings. The standard InChI is InChI=1S/C68H115N15O16S/c1-96-36-31-77(43-57(85)74-56(27-18-29-73-68(70)71)67(95)75-55(66(69)94)28-40-100-5)59(87)44-78(32-37-97-2)60(88)45-79(33-38-98-3)61(89)46-80(34-39-99-4)63(91)49-82(53-23-14-8-15-24-53)65(93)50-83(54-25-16-9-17-26-54)64(92)47-76(30-35-84)62(90)48-81(52-21-12-7-13-22-52)58(86)42-72-41-51-19-10-6-11-20-51/h6,10-11,19-20,52-56,72,84H,7-9,12-18,21-50H2,1-5H3,(H2,69,94)(H,74,85)(H,75,95)(H4,70,71,73)/t55-,56-/m0/s1. The number of aliphatic hydroxyl groups excluding tert-OH is 1. The van der Waals surface area contributed by atoms with Crippen LogP contribution in [0.3, 0.4) is 0 Å². The fourth-order valence-electron chi connectivity index (χ4n) is 12.6. The number of thioether (sulfide) groups is 1. The van der Waals surface area contributed by atoms with Crippen LogP contribution in [0.1, 0.15) is 121 Å². The number of guanidine groups is 1. The molecular formula is C68H115N15O16S. The molecule has 0 heterocycles. The number of nitrogens with one attached hydrogen (secondary N) is 3. The van der Waals surface area contributed by atoms with E-state index in [1.54, 1.807) is 4.90 Å². The van der Waals surface area contributed by atoms with Gasteiger partial charge in [0.25, 0.3) is 0 Å². The predicted molar refractivity (Wildman–Crippen MR) is 377 cm³/mol. The second-order valence-corrected chi connectivity index (χ2v) is 26.6. The molecule has 0 unspecified atom stereocenters. The van der Waals surface area contributed by atoms with Gasteiger partial charge in [0.05, 0.1) is 72.3 Å². The zero-order chi connectivity index (χ0) is 73.2. The summed E-state index contributed by atoms with van der Waals surface area (Å²) in [4.78, 5) is 171. The van der Waals surface area contributed by atoms with E-state index in [2.05, 4.69) is 20.9 Å². The van der Waals surface area contributed by atoms with E-state index in [9.17, 15) is 53.1 Å². The maximum atomic E-state index is 15.2. The summed E-state index contributed by atoms with van der Waals surface area (Å²) in [6, 6.07) is 6.49. The molecule has 0 spiro atoms. The number of rotatable bonds is 48. The molecule has 564 valence electrons. The molecule has 3 saturated carbocycles. The van der Waals surface area contributed by atoms with Crippen LogP contribution in [0.15, 0.2) is 35.3 Å². The first-order chi connectivity index (χ1) is 48.2. The van der Waals surface area contributed by atoms with Crippen molar-refractivity contribution in [1.82, 2.24) is 55.1 Å². The van der Waals surface area contributed by atoms with E-state index in [1.807, 2.05) is 36.6 Å². The van der Waals surface area contributed by atoms with Crippen LogP contribution in [0.25, 0.3) is 0 Å². The van der Waals surface area contributed by atoms with E-state index in [-0.39, 0.29) is 122 Å². The molecule has 100 heavy (non-hydrogen) atoms. The molecule has 0 saturated heterocycles. The lowest BCUT2D eigenvalue weighted by Crippen LogP contribution is -2.56. The summed E-state index contributed by atoms with van der Waals surface area (Å²) >= 11 is 1.45. The average Bonchev–Trinajstić information content (AvgIpc) is 0.873. The van der Waals surface area contributed by atoms with Gasteiger partial charge in [-0.1, -0.05) is 88.1 Å². The number of nitrogens with zero attached hydrogens (tertiary/aromatic N) is 9. The maximum absolute atomic E-state index is 15.2. The highest BCUT2D eigenvalue weighted by molar-refractivity contribution is 7.98. The molecule has 0 aliphatic heterocycles. The first-order valence-electron chi connectivity index (χ1n) is 35.2. The Hall–Kier alpha value is -7.23. The number of amides is 11. The molecule has 2 atom stereocenters. The average molecular weight is 1430 g/mol. The van der Waals surface area contributed by atoms with Crippen LogP contribution < -0.4 is 33.2 Å². The minimum atomic E-state index is -1.21. The quantitative estimate of drug-likeness (QED) is 0.0240. The lowest BCUT2D eigenvalue weighted by Gasteiger charge is -2.40. The molecule has 0 bridgehead atoms. The molecule has 3 fully saturated rings. The number of ether oxygens (including phenoxy) is 4. The van der Waals surface area contributed by atoms with Crippen molar-refractivity contribution >= 4 is 82.7 Å². The number of benzene rings is 1. The second-order valence-electron chi connectivity index (χ2n) is 25.6. The smallest absolute Gasteiger partial charge is 0.243 e. The van der Waals surface area contributed by atoms with E-state index >= 15 is 4.79 Å². The van der Waals surface area contributed by atoms with Crippen LogP contribution in [-0.4, -0.2) is 317 Å². The minimum absolute atomic E-state index is 0.00477. The SMILES string of the molecule is COCCN(CC(=O)N[C@@H](CCCN=C(N)N)C(=O)N[C@@H](CCSC)C(N)=O)C(=O)CN(CCOC)C(=O)CN(CCOC)C(=O)CN(CCOC)C(=O)CN(C(=O)CN(C(=O)CN(CCO)C(=O)CN(C(=O)CNCc1ccccc1)C1CCCCC1)C1CCCCC1)C1CCCCC1. The van der Waals surface area contributed by atoms with Crippen LogP contribution >= 0.6 is 11.8 Å². The number of hydrogen-bond acceptors (Lipinski definition) is 19. The number of hydrogen-bond donors (Lipinski definition) is 7. The van der Waals surface area contributed by atoms with E-state index in [0.29, 0.717) is 38.0 Å². The monoisotopic (exact) mass is 1430 g/mol. The highest BCUT2D eigenvalue weighted by Crippen LogP contribution is 2.27. The number of aliphatic hydroxyl groups is 1. The fourth-order valence-corrected chi connectivity index (χ4v) is 13.1. The third-order valence-electron chi connectivity index (χ3n) is 18.3. The molecule has 11 amide bonds. The van der Waals surface area contributed by atoms with E-state index in [1.165, 1.54) is 69.6 Å². The molecule has 31 nitrogen and oxygen atoms in total. The van der Waals surface area contributed by atoms with Crippen molar-refractivity contribution in [3.8, 4) is 0 Å². The van der Waals surface area contributed by atoms with Crippen LogP contribution in [0.5, 0.6) is 0 Å². The van der Waals surface area contributed by atoms with E-state index < -0.39 is 130 Å². The summed E-state index contributed by atoms with van der Waals surface area (Å²) in [5.41, 5.74) is 17.6. The zero-order valence-electron chi connectivity index (χ0n) is 59.8. The predicted octanol–water partition coefficient (Wildman–Crippen LogP) is -0.757. The Labute approximate surface area is 594 Å². The highest BCUT2D eigenvalue weighted by atomic mass is 32.2. The van der Waals surface area contributed by atoms with Crippen LogP contribution in [-0.2, 0) is 78.2 Å². The number of primary amides is 1. The topological polar surface area (TPSA) is 397 Å². The number of nitrogens with two attached hydrogens (primary N) is 3. The van der Waals surface area contributed by atoms with Crippen LogP contribution in [0.4, 0.5) is 0 Å². The third kappa shape index (κ3) is 31.3. The largest absolute Gasteiger partial charge is 0.395 e. The van der Waals surface area contributed by atoms with Gasteiger partial charge in [-0.15, -0.1) is 0 Å². The number of carbonyl (C=O) groups is 11. The van der Waals surface area contributed by atoms with Gasteiger partial charge in [0.2, 0.25) is 65.0 Å². The molecule has 0 aromatic heterocycles. The Morgan fingerprint density at radius 2 is 0.890 bits per heavy atom. The number of carbonyl (C=O) groups excluding carboxylic acids is 11. The Bertz CT molecular complexity index is 2720. The molecule has 4 rings (SSSR count). The molecule has 10 N–H and O–H groups in total. The Kier molecular flexibility index (Phi) is 41.4. The van der Waals surface area contributed by atoms with Crippen LogP contribution in [0, 0.1) is 0 Å². The summed E-state index contributed by atoms with van der Waals surface area (Å²) in [5, 5.41) is 18.8. The first-order valence-corrected chi connectivity index (χ1v) is 36.6. The van der Waals surface area contributed by atoms with Crippen LogP contribution in [0.2, 0.25) is 0 Å². The summed E-state index contributed by atoms with van der Waals surface area (Å²) < 4.78 is 21.4. The maximum Gasteiger partial charge on any atom is 0.243 e. The fraction of sp³-hybridized carbons (Fsp3) is 0.735. The van der Waals surface area contributed by atoms with Gasteiger partial charge in [-0.2, -0.15) is 11.8 Å². The van der Waals surface area contributed by atoms with E-state index in [0.717, 1.165) is 81.1 Å². The minimum Gasteiger partial charge on any atom is -0.395 e. The Balaban J connectivity index is 1.55. The lowest BCUT2D eigenvalue weighted by atomic mass is 9.93. The third-order valence-corrected chi connectivity index (χ3v) is 18.9. The Morgan fingerprint density at radius 1 is 0.500 bits per heavy atom. The van der Waals surface area contributed by atoms with Crippen molar-refractivity contribution in [2.24, 2.45) is 22.2 Å². The van der Waals surface area contributed by atoms with Crippen molar-refractivity contribution in [1.29, 1.82) is 0 Å². The second kappa shape index (κ2) is 48.6. The highest BCUT2D eigenvalue weighted by Gasteiger charge is 2.37. The summed E-state index contributed by atoms with van der Waals surface area (Å²) in [7, 11) is 5.64. The Morgan fingerprint density at radius 3 is 1.30 bits per heavy atom. The van der Waals surface area contributed by atoms with Gasteiger partial charge >= 0.3 is 0 Å². The van der Waals surface area contributed by atoms with Gasteiger partial charge in [0.15, 0.2) is 5.96 Å². The molecule has 3 aliphatic rings. The normalized spacial score (nSPS) is 14.9. The summed E-state index contributed by atoms with van der Waals surface area (Å²) in [6.07, 6.45) is 14.0. The van der Waals surface area contributed by atoms with Gasteiger partial charge in [-0.25, -0.2) is 0 Å².